The van der Waals surface area contributed by atoms with E-state index in [0.29, 0.717) is 6.42 Å². The maximum atomic E-state index is 13.6. The van der Waals surface area contributed by atoms with Crippen LogP contribution >= 0.6 is 0 Å². The molecular weight excluding hydrogens is 398 g/mol. The third-order valence-electron chi connectivity index (χ3n) is 5.50. The van der Waals surface area contributed by atoms with Gasteiger partial charge < -0.3 is 9.47 Å². The lowest BCUT2D eigenvalue weighted by Crippen LogP contribution is -2.36. The van der Waals surface area contributed by atoms with Crippen molar-refractivity contribution in [2.24, 2.45) is 0 Å². The van der Waals surface area contributed by atoms with Gasteiger partial charge in [-0.1, -0.05) is 60.7 Å². The van der Waals surface area contributed by atoms with Crippen molar-refractivity contribution in [2.45, 2.75) is 38.8 Å². The summed E-state index contributed by atoms with van der Waals surface area (Å²) < 4.78 is 11.2. The minimum absolute atomic E-state index is 0.154. The number of carbonyl (C=O) groups is 1. The van der Waals surface area contributed by atoms with Crippen molar-refractivity contribution in [1.82, 2.24) is 4.90 Å². The minimum Gasteiger partial charge on any atom is -0.497 e. The first kappa shape index (κ1) is 21.7. The van der Waals surface area contributed by atoms with Crippen LogP contribution in [0.1, 0.15) is 49.9 Å². The van der Waals surface area contributed by atoms with Crippen molar-refractivity contribution in [3.8, 4) is 5.75 Å². The summed E-state index contributed by atoms with van der Waals surface area (Å²) in [5.74, 6) is 0.775. The molecule has 4 nitrogen and oxygen atoms in total. The number of methoxy groups -OCH3 is 1. The van der Waals surface area contributed by atoms with Gasteiger partial charge >= 0.3 is 6.09 Å². The Kier molecular flexibility index (Phi) is 6.04. The van der Waals surface area contributed by atoms with Gasteiger partial charge in [-0.2, -0.15) is 0 Å². The molecule has 0 fully saturated rings. The van der Waals surface area contributed by atoms with Crippen LogP contribution in [0.3, 0.4) is 0 Å². The summed E-state index contributed by atoms with van der Waals surface area (Å²) in [5.41, 5.74) is 4.53. The van der Waals surface area contributed by atoms with E-state index in [4.69, 9.17) is 9.47 Å². The Labute approximate surface area is 190 Å². The Bertz CT molecular complexity index is 1100. The van der Waals surface area contributed by atoms with Crippen molar-refractivity contribution in [2.75, 3.05) is 7.11 Å². The summed E-state index contributed by atoms with van der Waals surface area (Å²) in [6, 6.07) is 28.1. The van der Waals surface area contributed by atoms with E-state index in [2.05, 4.69) is 24.3 Å². The van der Waals surface area contributed by atoms with Gasteiger partial charge in [0.2, 0.25) is 0 Å². The van der Waals surface area contributed by atoms with Crippen LogP contribution in [0.15, 0.2) is 84.9 Å². The molecule has 3 aromatic carbocycles. The highest BCUT2D eigenvalue weighted by Gasteiger charge is 2.40. The second kappa shape index (κ2) is 8.91. The van der Waals surface area contributed by atoms with Crippen molar-refractivity contribution in [3.63, 3.8) is 0 Å². The number of ether oxygens (including phenoxy) is 2. The van der Waals surface area contributed by atoms with Gasteiger partial charge in [0, 0.05) is 6.42 Å². The van der Waals surface area contributed by atoms with E-state index < -0.39 is 5.60 Å². The van der Waals surface area contributed by atoms with Crippen molar-refractivity contribution >= 4 is 17.4 Å². The molecule has 32 heavy (non-hydrogen) atoms. The zero-order chi connectivity index (χ0) is 22.7. The van der Waals surface area contributed by atoms with Crippen LogP contribution in [0.4, 0.5) is 4.79 Å². The third kappa shape index (κ3) is 4.54. The normalized spacial score (nSPS) is 16.2. The van der Waals surface area contributed by atoms with Crippen LogP contribution in [-0.4, -0.2) is 23.7 Å². The monoisotopic (exact) mass is 427 g/mol. The number of amides is 1. The molecule has 1 aliphatic rings. The fourth-order valence-electron chi connectivity index (χ4n) is 4.11. The maximum Gasteiger partial charge on any atom is 0.415 e. The number of nitrogens with zero attached hydrogens (tertiary/aromatic N) is 1. The molecule has 0 unspecified atom stereocenters. The fraction of sp³-hybridized carbons (Fsp3) is 0.250. The lowest BCUT2D eigenvalue weighted by molar-refractivity contribution is 0.0306. The Morgan fingerprint density at radius 2 is 1.44 bits per heavy atom. The summed E-state index contributed by atoms with van der Waals surface area (Å²) in [7, 11) is 1.65. The standard InChI is InChI=1S/C28H29NO3/c1-28(2,3)32-27(30)29-25(21-13-9-6-10-14-21)19-24(20-11-7-5-8-12-20)26(29)22-15-17-23(31-4)18-16-22/h5-18,25H,19H2,1-4H3/t25-/m0/s1. The highest BCUT2D eigenvalue weighted by atomic mass is 16.6. The Balaban J connectivity index is 1.90. The van der Waals surface area contributed by atoms with E-state index in [0.717, 1.165) is 33.7 Å². The lowest BCUT2D eigenvalue weighted by Gasteiger charge is -2.31. The van der Waals surface area contributed by atoms with E-state index in [9.17, 15) is 4.79 Å². The van der Waals surface area contributed by atoms with Crippen LogP contribution < -0.4 is 4.74 Å². The van der Waals surface area contributed by atoms with E-state index in [1.165, 1.54) is 0 Å². The first-order chi connectivity index (χ1) is 15.4. The molecule has 1 atom stereocenters. The van der Waals surface area contributed by atoms with Crippen LogP contribution in [0.2, 0.25) is 0 Å². The molecule has 0 N–H and O–H groups in total. The topological polar surface area (TPSA) is 38.8 Å². The Morgan fingerprint density at radius 1 is 0.844 bits per heavy atom. The predicted molar refractivity (Wildman–Crippen MR) is 128 cm³/mol. The Morgan fingerprint density at radius 3 is 2.00 bits per heavy atom. The van der Waals surface area contributed by atoms with Gasteiger partial charge in [0.05, 0.1) is 18.8 Å². The average molecular weight is 428 g/mol. The maximum absolute atomic E-state index is 13.6. The average Bonchev–Trinajstić information content (AvgIpc) is 3.20. The van der Waals surface area contributed by atoms with Gasteiger partial charge in [0.25, 0.3) is 0 Å². The Hall–Kier alpha value is -3.53. The van der Waals surface area contributed by atoms with Crippen LogP contribution in [0.5, 0.6) is 5.75 Å². The first-order valence-electron chi connectivity index (χ1n) is 10.9. The summed E-state index contributed by atoms with van der Waals surface area (Å²) >= 11 is 0. The smallest absolute Gasteiger partial charge is 0.415 e. The zero-order valence-corrected chi connectivity index (χ0v) is 19.0. The van der Waals surface area contributed by atoms with Gasteiger partial charge in [-0.3, -0.25) is 4.90 Å². The number of rotatable bonds is 4. The first-order valence-corrected chi connectivity index (χ1v) is 10.9. The van der Waals surface area contributed by atoms with Crippen molar-refractivity contribution in [3.05, 3.63) is 102 Å². The summed E-state index contributed by atoms with van der Waals surface area (Å²) in [4.78, 5) is 15.4. The molecule has 0 bridgehead atoms. The van der Waals surface area contributed by atoms with E-state index >= 15 is 0 Å². The second-order valence-corrected chi connectivity index (χ2v) is 8.90. The van der Waals surface area contributed by atoms with Crippen LogP contribution in [-0.2, 0) is 4.74 Å². The van der Waals surface area contributed by atoms with Gasteiger partial charge in [0.1, 0.15) is 11.4 Å². The van der Waals surface area contributed by atoms with Crippen molar-refractivity contribution < 1.29 is 14.3 Å². The molecule has 3 aromatic rings. The highest BCUT2D eigenvalue weighted by Crippen LogP contribution is 2.48. The minimum atomic E-state index is -0.598. The van der Waals surface area contributed by atoms with Gasteiger partial charge in [0.15, 0.2) is 0 Å². The van der Waals surface area contributed by atoms with Gasteiger partial charge in [-0.25, -0.2) is 4.79 Å². The number of hydrogen-bond acceptors (Lipinski definition) is 3. The highest BCUT2D eigenvalue weighted by molar-refractivity contribution is 5.99. The van der Waals surface area contributed by atoms with Gasteiger partial charge in [-0.05, 0) is 67.3 Å². The molecule has 4 rings (SSSR count). The molecule has 0 saturated carbocycles. The lowest BCUT2D eigenvalue weighted by atomic mass is 9.96. The predicted octanol–water partition coefficient (Wildman–Crippen LogP) is 6.95. The summed E-state index contributed by atoms with van der Waals surface area (Å²) in [6.07, 6.45) is 0.359. The SMILES string of the molecule is COc1ccc(C2=C(c3ccccc3)C[C@@H](c3ccccc3)N2C(=O)OC(C)(C)C)cc1. The third-order valence-corrected chi connectivity index (χ3v) is 5.50. The molecule has 0 radical (unpaired) electrons. The molecule has 0 saturated heterocycles. The van der Waals surface area contributed by atoms with E-state index in [1.807, 2.05) is 86.3 Å². The summed E-state index contributed by atoms with van der Waals surface area (Å²) in [6.45, 7) is 5.69. The number of hydrogen-bond donors (Lipinski definition) is 0. The molecule has 1 heterocycles. The molecule has 164 valence electrons. The van der Waals surface area contributed by atoms with E-state index in [-0.39, 0.29) is 12.1 Å². The zero-order valence-electron chi connectivity index (χ0n) is 19.0. The molecular formula is C28H29NO3. The molecule has 1 amide bonds. The molecule has 1 aliphatic heterocycles. The van der Waals surface area contributed by atoms with E-state index in [1.54, 1.807) is 7.11 Å². The molecule has 0 aromatic heterocycles. The number of carbonyl (C=O) groups excluding carboxylic acids is 1. The summed E-state index contributed by atoms with van der Waals surface area (Å²) in [5, 5.41) is 0. The fourth-order valence-corrected chi connectivity index (χ4v) is 4.11. The molecule has 0 aliphatic carbocycles. The molecule has 4 heteroatoms. The quantitative estimate of drug-likeness (QED) is 0.452. The second-order valence-electron chi connectivity index (χ2n) is 8.90. The van der Waals surface area contributed by atoms with Crippen LogP contribution in [0, 0.1) is 0 Å². The largest absolute Gasteiger partial charge is 0.497 e. The molecule has 0 spiro atoms. The van der Waals surface area contributed by atoms with Crippen LogP contribution in [0.25, 0.3) is 11.3 Å². The van der Waals surface area contributed by atoms with Crippen molar-refractivity contribution in [1.29, 1.82) is 0 Å². The van der Waals surface area contributed by atoms with Gasteiger partial charge in [-0.15, -0.1) is 0 Å². The number of benzene rings is 3.